The number of carbonyl (C=O) groups is 2. The van der Waals surface area contributed by atoms with Gasteiger partial charge in [0.15, 0.2) is 0 Å². The maximum Gasteiger partial charge on any atom is 0.416 e. The summed E-state index contributed by atoms with van der Waals surface area (Å²) < 4.78 is 49.7. The number of pyridine rings is 1. The van der Waals surface area contributed by atoms with Gasteiger partial charge in [-0.15, -0.1) is 0 Å². The number of hydrogen-bond acceptors (Lipinski definition) is 5. The van der Waals surface area contributed by atoms with Crippen molar-refractivity contribution in [2.24, 2.45) is 0 Å². The smallest absolute Gasteiger partial charge is 0.416 e. The van der Waals surface area contributed by atoms with E-state index in [0.29, 0.717) is 22.6 Å². The van der Waals surface area contributed by atoms with Crippen molar-refractivity contribution < 1.29 is 32.2 Å². The van der Waals surface area contributed by atoms with Crippen LogP contribution in [0, 0.1) is 0 Å². The number of alkyl halides is 3. The fraction of sp³-hybridized carbons (Fsp3) is 0.216. The average Bonchev–Trinajstić information content (AvgIpc) is 3.03. The summed E-state index contributed by atoms with van der Waals surface area (Å²) >= 11 is 0. The molecule has 1 amide bonds. The van der Waals surface area contributed by atoms with E-state index in [4.69, 9.17) is 9.47 Å². The van der Waals surface area contributed by atoms with E-state index in [9.17, 15) is 22.8 Å². The summed E-state index contributed by atoms with van der Waals surface area (Å²) in [5, 5.41) is 4.26. The summed E-state index contributed by atoms with van der Waals surface area (Å²) in [6.45, 7) is 6.45. The number of ether oxygens (including phenoxy) is 2. The van der Waals surface area contributed by atoms with E-state index in [1.165, 1.54) is 24.8 Å². The molecule has 0 aliphatic rings. The molecule has 0 unspecified atom stereocenters. The highest BCUT2D eigenvalue weighted by Gasteiger charge is 2.30. The molecule has 5 aromatic rings. The summed E-state index contributed by atoms with van der Waals surface area (Å²) in [4.78, 5) is 30.1. The number of amides is 1. The number of esters is 1. The van der Waals surface area contributed by atoms with E-state index in [1.54, 1.807) is 36.5 Å². The maximum absolute atomic E-state index is 13.2. The zero-order valence-electron chi connectivity index (χ0n) is 25.8. The summed E-state index contributed by atoms with van der Waals surface area (Å²) in [5.74, 6) is 0.167. The van der Waals surface area contributed by atoms with Crippen LogP contribution in [0.1, 0.15) is 48.0 Å². The molecule has 1 N–H and O–H groups in total. The number of nitrogens with zero attached hydrogens (tertiary/aromatic N) is 1. The molecule has 46 heavy (non-hydrogen) atoms. The first-order valence-electron chi connectivity index (χ1n) is 14.6. The Kier molecular flexibility index (Phi) is 9.14. The van der Waals surface area contributed by atoms with E-state index in [-0.39, 0.29) is 17.5 Å². The van der Waals surface area contributed by atoms with Gasteiger partial charge in [0.05, 0.1) is 12.7 Å². The Labute approximate surface area is 265 Å². The Hall–Kier alpha value is -5.18. The minimum absolute atomic E-state index is 0.0422. The fourth-order valence-electron chi connectivity index (χ4n) is 4.95. The van der Waals surface area contributed by atoms with Crippen LogP contribution in [0.3, 0.4) is 0 Å². The number of hydrogen-bond donors (Lipinski definition) is 1. The first-order valence-corrected chi connectivity index (χ1v) is 14.6. The zero-order valence-corrected chi connectivity index (χ0v) is 25.8. The van der Waals surface area contributed by atoms with Crippen molar-refractivity contribution in [1.82, 2.24) is 10.3 Å². The molecule has 0 aliphatic carbocycles. The van der Waals surface area contributed by atoms with Gasteiger partial charge in [-0.1, -0.05) is 75.4 Å². The first-order chi connectivity index (χ1) is 21.8. The average molecular weight is 627 g/mol. The number of halogens is 3. The van der Waals surface area contributed by atoms with Gasteiger partial charge >= 0.3 is 12.1 Å². The van der Waals surface area contributed by atoms with Gasteiger partial charge in [-0.3, -0.25) is 9.78 Å². The molecule has 236 valence electrons. The van der Waals surface area contributed by atoms with Gasteiger partial charge in [0, 0.05) is 18.0 Å². The third-order valence-electron chi connectivity index (χ3n) is 7.61. The molecule has 1 atom stereocenters. The van der Waals surface area contributed by atoms with Gasteiger partial charge in [-0.25, -0.2) is 4.79 Å². The molecule has 0 saturated heterocycles. The summed E-state index contributed by atoms with van der Waals surface area (Å²) in [7, 11) is 1.24. The van der Waals surface area contributed by atoms with Crippen LogP contribution in [0.4, 0.5) is 13.2 Å². The van der Waals surface area contributed by atoms with E-state index in [1.807, 2.05) is 42.5 Å². The van der Waals surface area contributed by atoms with Gasteiger partial charge < -0.3 is 14.8 Å². The lowest BCUT2D eigenvalue weighted by molar-refractivity contribution is -0.143. The predicted molar refractivity (Wildman–Crippen MR) is 171 cm³/mol. The number of carbonyl (C=O) groups excluding carboxylic acids is 2. The number of aromatic nitrogens is 1. The number of nitrogens with one attached hydrogen (secondary N) is 1. The van der Waals surface area contributed by atoms with Gasteiger partial charge in [0.25, 0.3) is 5.91 Å². The third kappa shape index (κ3) is 7.72. The Bertz CT molecular complexity index is 1840. The van der Waals surface area contributed by atoms with Crippen LogP contribution in [0.15, 0.2) is 103 Å². The molecule has 9 heteroatoms. The molecule has 5 rings (SSSR count). The summed E-state index contributed by atoms with van der Waals surface area (Å²) in [5.41, 5.74) is 2.71. The van der Waals surface area contributed by atoms with Crippen molar-refractivity contribution in [3.8, 4) is 22.6 Å². The van der Waals surface area contributed by atoms with Crippen LogP contribution in [-0.2, 0) is 27.5 Å². The largest absolute Gasteiger partial charge is 0.467 e. The third-order valence-corrected chi connectivity index (χ3v) is 7.61. The molecule has 0 radical (unpaired) electrons. The quantitative estimate of drug-likeness (QED) is 0.175. The Morgan fingerprint density at radius 1 is 0.761 bits per heavy atom. The van der Waals surface area contributed by atoms with E-state index >= 15 is 0 Å². The SMILES string of the molecule is COC(=O)[C@H](Cc1ccc(-c2ccc(C(F)(F)F)cc2)cc1)NC(=O)c1cc2ccc(Oc3ccc(C(C)(C)C)cc3)cc2cn1. The maximum atomic E-state index is 13.2. The van der Waals surface area contributed by atoms with Crippen molar-refractivity contribution in [3.63, 3.8) is 0 Å². The summed E-state index contributed by atoms with van der Waals surface area (Å²) in [6.07, 6.45) is -2.69. The molecular weight excluding hydrogens is 593 g/mol. The molecule has 6 nitrogen and oxygen atoms in total. The molecule has 1 aromatic heterocycles. The Morgan fingerprint density at radius 2 is 1.35 bits per heavy atom. The van der Waals surface area contributed by atoms with Gasteiger partial charge in [-0.05, 0) is 75.5 Å². The lowest BCUT2D eigenvalue weighted by atomic mass is 9.87. The lowest BCUT2D eigenvalue weighted by Crippen LogP contribution is -2.43. The topological polar surface area (TPSA) is 77.5 Å². The minimum atomic E-state index is -4.41. The second-order valence-electron chi connectivity index (χ2n) is 12.0. The zero-order chi connectivity index (χ0) is 33.1. The van der Waals surface area contributed by atoms with Gasteiger partial charge in [-0.2, -0.15) is 13.2 Å². The lowest BCUT2D eigenvalue weighted by Gasteiger charge is -2.19. The van der Waals surface area contributed by atoms with Crippen molar-refractivity contribution in [2.45, 2.75) is 44.8 Å². The normalized spacial score (nSPS) is 12.4. The van der Waals surface area contributed by atoms with Crippen LogP contribution in [0.25, 0.3) is 21.9 Å². The fourth-order valence-corrected chi connectivity index (χ4v) is 4.95. The Balaban J connectivity index is 1.25. The van der Waals surface area contributed by atoms with Gasteiger partial charge in [0.1, 0.15) is 23.2 Å². The predicted octanol–water partition coefficient (Wildman–Crippen LogP) is 8.52. The molecule has 0 saturated carbocycles. The van der Waals surface area contributed by atoms with Crippen molar-refractivity contribution in [2.75, 3.05) is 7.11 Å². The highest BCUT2D eigenvalue weighted by Crippen LogP contribution is 2.32. The molecular formula is C37H33F3N2O4. The highest BCUT2D eigenvalue weighted by molar-refractivity contribution is 5.98. The van der Waals surface area contributed by atoms with Crippen LogP contribution in [0.2, 0.25) is 0 Å². The highest BCUT2D eigenvalue weighted by atomic mass is 19.4. The Morgan fingerprint density at radius 3 is 1.93 bits per heavy atom. The molecule has 0 spiro atoms. The van der Waals surface area contributed by atoms with Crippen LogP contribution >= 0.6 is 0 Å². The van der Waals surface area contributed by atoms with E-state index in [0.717, 1.165) is 28.5 Å². The molecule has 0 aliphatic heterocycles. The summed E-state index contributed by atoms with van der Waals surface area (Å²) in [6, 6.07) is 26.0. The van der Waals surface area contributed by atoms with Crippen molar-refractivity contribution in [3.05, 3.63) is 126 Å². The second-order valence-corrected chi connectivity index (χ2v) is 12.0. The molecule has 0 fully saturated rings. The van der Waals surface area contributed by atoms with E-state index < -0.39 is 29.7 Å². The van der Waals surface area contributed by atoms with Gasteiger partial charge in [0.2, 0.25) is 0 Å². The minimum Gasteiger partial charge on any atom is -0.467 e. The standard InChI is InChI=1S/C37H33F3N2O4/c1-36(2,3)28-14-17-30(18-15-28)46-31-16-11-26-21-32(41-22-27(26)20-31)34(43)42-33(35(44)45-4)19-23-5-7-24(8-6-23)25-9-12-29(13-10-25)37(38,39)40/h5-18,20-22,33H,19H2,1-4H3,(H,42,43)/t33-/m0/s1. The van der Waals surface area contributed by atoms with Crippen LogP contribution in [0.5, 0.6) is 11.5 Å². The van der Waals surface area contributed by atoms with Crippen molar-refractivity contribution >= 4 is 22.6 Å². The molecule has 1 heterocycles. The monoisotopic (exact) mass is 626 g/mol. The number of rotatable bonds is 8. The number of benzene rings is 4. The second kappa shape index (κ2) is 13.0. The van der Waals surface area contributed by atoms with Crippen LogP contribution < -0.4 is 10.1 Å². The molecule has 4 aromatic carbocycles. The van der Waals surface area contributed by atoms with Crippen LogP contribution in [-0.4, -0.2) is 30.0 Å². The van der Waals surface area contributed by atoms with E-state index in [2.05, 4.69) is 31.1 Å². The number of fused-ring (bicyclic) bond motifs is 1. The molecule has 0 bridgehead atoms. The first kappa shape index (κ1) is 32.2. The van der Waals surface area contributed by atoms with Crippen molar-refractivity contribution in [1.29, 1.82) is 0 Å². The number of methoxy groups -OCH3 is 1.